The van der Waals surface area contributed by atoms with Gasteiger partial charge in [-0.05, 0) is 40.3 Å². The Morgan fingerprint density at radius 1 is 1.00 bits per heavy atom. The molecule has 3 aromatic rings. The fraction of sp³-hybridized carbons (Fsp3) is 0.0625. The number of nitrogens with two attached hydrogens (primary N) is 1. The number of hydrogen-bond acceptors (Lipinski definition) is 3. The van der Waals surface area contributed by atoms with Crippen LogP contribution in [-0.4, -0.2) is 4.98 Å². The van der Waals surface area contributed by atoms with Gasteiger partial charge in [0.25, 0.3) is 0 Å². The van der Waals surface area contributed by atoms with Crippen LogP contribution >= 0.6 is 33.9 Å². The molecule has 0 aliphatic carbocycles. The molecule has 0 aliphatic rings. The van der Waals surface area contributed by atoms with Gasteiger partial charge in [-0.2, -0.15) is 0 Å². The second kappa shape index (κ2) is 6.03. The first-order chi connectivity index (χ1) is 9.74. The Labute approximate surface area is 135 Å². The number of halogens is 1. The number of benzene rings is 2. The third-order valence-electron chi connectivity index (χ3n) is 3.09. The standard InChI is InChI=1S/C16H13IN2S/c17-13-8-6-11(7-9-13)14-10-20-16(19-14)15(18)12-4-2-1-3-5-12/h1-10,15H,18H2. The molecule has 2 aromatic carbocycles. The minimum atomic E-state index is -0.154. The smallest absolute Gasteiger partial charge is 0.115 e. The van der Waals surface area contributed by atoms with Crippen LogP contribution in [0.1, 0.15) is 16.6 Å². The van der Waals surface area contributed by atoms with E-state index in [9.17, 15) is 0 Å². The zero-order valence-electron chi connectivity index (χ0n) is 10.7. The van der Waals surface area contributed by atoms with E-state index in [-0.39, 0.29) is 6.04 Å². The third-order valence-corrected chi connectivity index (χ3v) is 4.73. The molecular formula is C16H13IN2S. The van der Waals surface area contributed by atoms with Crippen molar-refractivity contribution in [1.82, 2.24) is 4.98 Å². The van der Waals surface area contributed by atoms with Crippen LogP contribution in [0.25, 0.3) is 11.3 Å². The van der Waals surface area contributed by atoms with Crippen LogP contribution in [-0.2, 0) is 0 Å². The second-order valence-electron chi connectivity index (χ2n) is 4.47. The molecule has 100 valence electrons. The molecule has 0 saturated heterocycles. The van der Waals surface area contributed by atoms with Crippen LogP contribution in [0, 0.1) is 3.57 Å². The van der Waals surface area contributed by atoms with Gasteiger partial charge < -0.3 is 5.73 Å². The lowest BCUT2D eigenvalue weighted by atomic mass is 10.1. The van der Waals surface area contributed by atoms with Crippen LogP contribution in [0.2, 0.25) is 0 Å². The Morgan fingerprint density at radius 2 is 1.70 bits per heavy atom. The van der Waals surface area contributed by atoms with E-state index in [0.29, 0.717) is 0 Å². The maximum absolute atomic E-state index is 6.28. The SMILES string of the molecule is NC(c1ccccc1)c1nc(-c2ccc(I)cc2)cs1. The predicted molar refractivity (Wildman–Crippen MR) is 92.7 cm³/mol. The van der Waals surface area contributed by atoms with E-state index in [1.54, 1.807) is 11.3 Å². The predicted octanol–water partition coefficient (Wildman–Crippen LogP) is 4.46. The summed E-state index contributed by atoms with van der Waals surface area (Å²) in [4.78, 5) is 4.68. The molecule has 0 saturated carbocycles. The molecule has 0 radical (unpaired) electrons. The summed E-state index contributed by atoms with van der Waals surface area (Å²) in [6.45, 7) is 0. The molecule has 20 heavy (non-hydrogen) atoms. The first kappa shape index (κ1) is 13.7. The van der Waals surface area contributed by atoms with Crippen molar-refractivity contribution in [2.24, 2.45) is 5.73 Å². The highest BCUT2D eigenvalue weighted by molar-refractivity contribution is 14.1. The monoisotopic (exact) mass is 392 g/mol. The summed E-state index contributed by atoms with van der Waals surface area (Å²) in [5.74, 6) is 0. The Hall–Kier alpha value is -1.24. The molecule has 0 fully saturated rings. The molecule has 1 aromatic heterocycles. The van der Waals surface area contributed by atoms with Crippen molar-refractivity contribution >= 4 is 33.9 Å². The lowest BCUT2D eigenvalue weighted by Crippen LogP contribution is -2.11. The molecule has 1 heterocycles. The van der Waals surface area contributed by atoms with Crippen LogP contribution in [0.15, 0.2) is 60.0 Å². The van der Waals surface area contributed by atoms with Gasteiger partial charge in [-0.15, -0.1) is 11.3 Å². The van der Waals surface area contributed by atoms with Gasteiger partial charge in [-0.1, -0.05) is 42.5 Å². The molecule has 0 bridgehead atoms. The number of nitrogens with zero attached hydrogens (tertiary/aromatic N) is 1. The van der Waals surface area contributed by atoms with Gasteiger partial charge in [0, 0.05) is 14.5 Å². The summed E-state index contributed by atoms with van der Waals surface area (Å²) in [5.41, 5.74) is 9.50. The molecule has 0 amide bonds. The van der Waals surface area contributed by atoms with Crippen molar-refractivity contribution in [2.45, 2.75) is 6.04 Å². The van der Waals surface area contributed by atoms with Crippen molar-refractivity contribution in [2.75, 3.05) is 0 Å². The van der Waals surface area contributed by atoms with Gasteiger partial charge in [-0.3, -0.25) is 0 Å². The normalized spacial score (nSPS) is 12.3. The number of thiazole rings is 1. The molecule has 2 N–H and O–H groups in total. The summed E-state index contributed by atoms with van der Waals surface area (Å²) < 4.78 is 1.22. The van der Waals surface area contributed by atoms with E-state index in [1.807, 2.05) is 30.3 Å². The van der Waals surface area contributed by atoms with Gasteiger partial charge in [0.1, 0.15) is 5.01 Å². The van der Waals surface area contributed by atoms with Gasteiger partial charge >= 0.3 is 0 Å². The van der Waals surface area contributed by atoms with E-state index in [4.69, 9.17) is 5.73 Å². The van der Waals surface area contributed by atoms with Crippen molar-refractivity contribution < 1.29 is 0 Å². The van der Waals surface area contributed by atoms with Crippen molar-refractivity contribution in [3.05, 3.63) is 74.1 Å². The number of hydrogen-bond donors (Lipinski definition) is 1. The first-order valence-electron chi connectivity index (χ1n) is 6.26. The van der Waals surface area contributed by atoms with E-state index in [2.05, 4.69) is 57.2 Å². The molecule has 1 atom stereocenters. The van der Waals surface area contributed by atoms with Gasteiger partial charge in [0.05, 0.1) is 11.7 Å². The molecular weight excluding hydrogens is 379 g/mol. The Bertz CT molecular complexity index is 692. The highest BCUT2D eigenvalue weighted by atomic mass is 127. The molecule has 4 heteroatoms. The molecule has 2 nitrogen and oxygen atoms in total. The summed E-state index contributed by atoms with van der Waals surface area (Å²) in [6.07, 6.45) is 0. The Kier molecular flexibility index (Phi) is 4.14. The largest absolute Gasteiger partial charge is 0.318 e. The highest BCUT2D eigenvalue weighted by Gasteiger charge is 2.13. The lowest BCUT2D eigenvalue weighted by Gasteiger charge is -2.08. The van der Waals surface area contributed by atoms with Crippen LogP contribution in [0.4, 0.5) is 0 Å². The minimum absolute atomic E-state index is 0.154. The molecule has 0 spiro atoms. The van der Waals surface area contributed by atoms with Gasteiger partial charge in [0.2, 0.25) is 0 Å². The van der Waals surface area contributed by atoms with Crippen molar-refractivity contribution in [3.63, 3.8) is 0 Å². The zero-order valence-corrected chi connectivity index (χ0v) is 13.6. The first-order valence-corrected chi connectivity index (χ1v) is 8.22. The maximum atomic E-state index is 6.28. The average Bonchev–Trinajstić information content (AvgIpc) is 2.98. The van der Waals surface area contributed by atoms with Crippen LogP contribution in [0.5, 0.6) is 0 Å². The topological polar surface area (TPSA) is 38.9 Å². The number of rotatable bonds is 3. The van der Waals surface area contributed by atoms with Gasteiger partial charge in [0.15, 0.2) is 0 Å². The number of aromatic nitrogens is 1. The van der Waals surface area contributed by atoms with Crippen LogP contribution < -0.4 is 5.73 Å². The van der Waals surface area contributed by atoms with E-state index >= 15 is 0 Å². The lowest BCUT2D eigenvalue weighted by molar-refractivity contribution is 0.859. The maximum Gasteiger partial charge on any atom is 0.115 e. The van der Waals surface area contributed by atoms with E-state index < -0.39 is 0 Å². The Morgan fingerprint density at radius 3 is 2.40 bits per heavy atom. The molecule has 1 unspecified atom stereocenters. The second-order valence-corrected chi connectivity index (χ2v) is 6.60. The van der Waals surface area contributed by atoms with Crippen molar-refractivity contribution in [1.29, 1.82) is 0 Å². The van der Waals surface area contributed by atoms with E-state index in [0.717, 1.165) is 21.8 Å². The fourth-order valence-corrected chi connectivity index (χ4v) is 3.20. The molecule has 3 rings (SSSR count). The van der Waals surface area contributed by atoms with Crippen LogP contribution in [0.3, 0.4) is 0 Å². The zero-order chi connectivity index (χ0) is 13.9. The quantitative estimate of drug-likeness (QED) is 0.669. The summed E-state index contributed by atoms with van der Waals surface area (Å²) >= 11 is 3.92. The summed E-state index contributed by atoms with van der Waals surface area (Å²) in [5, 5.41) is 3.02. The van der Waals surface area contributed by atoms with E-state index in [1.165, 1.54) is 3.57 Å². The summed E-state index contributed by atoms with van der Waals surface area (Å²) in [7, 11) is 0. The summed E-state index contributed by atoms with van der Waals surface area (Å²) in [6, 6.07) is 18.3. The Balaban J connectivity index is 1.89. The fourth-order valence-electron chi connectivity index (χ4n) is 1.99. The molecule has 0 aliphatic heterocycles. The minimum Gasteiger partial charge on any atom is -0.318 e. The van der Waals surface area contributed by atoms with Gasteiger partial charge in [-0.25, -0.2) is 4.98 Å². The van der Waals surface area contributed by atoms with Crippen molar-refractivity contribution in [3.8, 4) is 11.3 Å². The average molecular weight is 392 g/mol. The highest BCUT2D eigenvalue weighted by Crippen LogP contribution is 2.28. The third kappa shape index (κ3) is 2.92.